The summed E-state index contributed by atoms with van der Waals surface area (Å²) in [5.74, 6) is -2.00. The molecule has 0 bridgehead atoms. The van der Waals surface area contributed by atoms with E-state index >= 15 is 0 Å². The molecule has 1 rings (SSSR count). The zero-order valence-electron chi connectivity index (χ0n) is 9.88. The number of carbonyl (C=O) groups is 1. The van der Waals surface area contributed by atoms with Crippen LogP contribution < -0.4 is 5.32 Å². The summed E-state index contributed by atoms with van der Waals surface area (Å²) >= 11 is 3.36. The first-order valence-electron chi connectivity index (χ1n) is 5.41. The van der Waals surface area contributed by atoms with Crippen LogP contribution in [0.5, 0.6) is 0 Å². The summed E-state index contributed by atoms with van der Waals surface area (Å²) in [6.45, 7) is 0.873. The summed E-state index contributed by atoms with van der Waals surface area (Å²) in [4.78, 5) is 11.7. The fourth-order valence-corrected chi connectivity index (χ4v) is 1.87. The maximum atomic E-state index is 13.3. The van der Waals surface area contributed by atoms with Crippen molar-refractivity contribution in [2.45, 2.75) is 11.2 Å². The van der Waals surface area contributed by atoms with Gasteiger partial charge in [0.15, 0.2) is 0 Å². The first-order valence-corrected chi connectivity index (χ1v) is 6.32. The molecule has 0 saturated carbocycles. The van der Waals surface area contributed by atoms with Crippen LogP contribution in [0.15, 0.2) is 18.2 Å². The molecule has 3 nitrogen and oxygen atoms in total. The van der Waals surface area contributed by atoms with Gasteiger partial charge in [-0.2, -0.15) is 0 Å². The van der Waals surface area contributed by atoms with Crippen LogP contribution in [-0.4, -0.2) is 31.0 Å². The van der Waals surface area contributed by atoms with E-state index in [4.69, 9.17) is 4.74 Å². The zero-order valence-corrected chi connectivity index (χ0v) is 11.5. The Morgan fingerprint density at radius 3 is 2.89 bits per heavy atom. The molecule has 0 aromatic heterocycles. The molecular formula is C12H14BrF2NO2. The van der Waals surface area contributed by atoms with Crippen LogP contribution in [0, 0.1) is 11.6 Å². The van der Waals surface area contributed by atoms with Gasteiger partial charge >= 0.3 is 0 Å². The van der Waals surface area contributed by atoms with Gasteiger partial charge in [0.1, 0.15) is 11.6 Å². The van der Waals surface area contributed by atoms with Crippen molar-refractivity contribution in [3.8, 4) is 0 Å². The SMILES string of the molecule is COCC(Br)CCNC(=O)c1cc(F)ccc1F. The molecular weight excluding hydrogens is 308 g/mol. The van der Waals surface area contributed by atoms with Crippen molar-refractivity contribution < 1.29 is 18.3 Å². The van der Waals surface area contributed by atoms with Gasteiger partial charge in [0.05, 0.1) is 12.2 Å². The molecule has 0 aliphatic rings. The highest BCUT2D eigenvalue weighted by Gasteiger charge is 2.12. The third kappa shape index (κ3) is 4.70. The molecule has 0 heterocycles. The number of alkyl halides is 1. The van der Waals surface area contributed by atoms with Gasteiger partial charge in [-0.25, -0.2) is 8.78 Å². The fourth-order valence-electron chi connectivity index (χ4n) is 1.37. The third-order valence-corrected chi connectivity index (χ3v) is 2.99. The lowest BCUT2D eigenvalue weighted by molar-refractivity contribution is 0.0947. The Hall–Kier alpha value is -1.01. The lowest BCUT2D eigenvalue weighted by Gasteiger charge is -2.10. The summed E-state index contributed by atoms with van der Waals surface area (Å²) in [7, 11) is 1.58. The van der Waals surface area contributed by atoms with Gasteiger partial charge in [0.2, 0.25) is 0 Å². The highest BCUT2D eigenvalue weighted by atomic mass is 79.9. The van der Waals surface area contributed by atoms with Gasteiger partial charge in [-0.05, 0) is 24.6 Å². The topological polar surface area (TPSA) is 38.3 Å². The van der Waals surface area contributed by atoms with Crippen molar-refractivity contribution in [3.05, 3.63) is 35.4 Å². The van der Waals surface area contributed by atoms with Crippen LogP contribution in [0.1, 0.15) is 16.8 Å². The van der Waals surface area contributed by atoms with Gasteiger partial charge in [0, 0.05) is 18.5 Å². The number of carbonyl (C=O) groups excluding carboxylic acids is 1. The summed E-state index contributed by atoms with van der Waals surface area (Å²) in [6, 6.07) is 2.78. The Bertz CT molecular complexity index is 415. The summed E-state index contributed by atoms with van der Waals surface area (Å²) in [5.41, 5.74) is -0.284. The molecule has 1 unspecified atom stereocenters. The van der Waals surface area contributed by atoms with Crippen molar-refractivity contribution >= 4 is 21.8 Å². The van der Waals surface area contributed by atoms with Crippen LogP contribution in [0.4, 0.5) is 8.78 Å². The number of rotatable bonds is 6. The van der Waals surface area contributed by atoms with Gasteiger partial charge in [0.25, 0.3) is 5.91 Å². The van der Waals surface area contributed by atoms with E-state index in [1.165, 1.54) is 0 Å². The molecule has 0 aliphatic carbocycles. The standard InChI is InChI=1S/C12H14BrF2NO2/c1-18-7-8(13)4-5-16-12(17)10-6-9(14)2-3-11(10)15/h2-3,6,8H,4-5,7H2,1H3,(H,16,17). The van der Waals surface area contributed by atoms with E-state index in [0.717, 1.165) is 18.2 Å². The molecule has 0 fully saturated rings. The number of benzene rings is 1. The van der Waals surface area contributed by atoms with Gasteiger partial charge in [-0.3, -0.25) is 4.79 Å². The average molecular weight is 322 g/mol. The molecule has 1 aromatic rings. The van der Waals surface area contributed by atoms with E-state index in [2.05, 4.69) is 21.2 Å². The van der Waals surface area contributed by atoms with Crippen LogP contribution in [0.3, 0.4) is 0 Å². The van der Waals surface area contributed by atoms with E-state index in [0.29, 0.717) is 19.6 Å². The number of methoxy groups -OCH3 is 1. The Morgan fingerprint density at radius 1 is 1.50 bits per heavy atom. The van der Waals surface area contributed by atoms with Gasteiger partial charge in [-0.1, -0.05) is 15.9 Å². The lowest BCUT2D eigenvalue weighted by Crippen LogP contribution is -2.27. The molecule has 0 spiro atoms. The summed E-state index contributed by atoms with van der Waals surface area (Å²) in [6.07, 6.45) is 0.635. The Morgan fingerprint density at radius 2 is 2.22 bits per heavy atom. The first-order chi connectivity index (χ1) is 8.54. The molecule has 1 atom stereocenters. The van der Waals surface area contributed by atoms with Crippen molar-refractivity contribution in [2.75, 3.05) is 20.3 Å². The number of hydrogen-bond donors (Lipinski definition) is 1. The number of halogens is 3. The second-order valence-corrected chi connectivity index (χ2v) is 5.02. The normalized spacial score (nSPS) is 12.2. The minimum atomic E-state index is -0.735. The Labute approximate surface area is 113 Å². The van der Waals surface area contributed by atoms with Crippen molar-refractivity contribution in [2.24, 2.45) is 0 Å². The largest absolute Gasteiger partial charge is 0.384 e. The van der Waals surface area contributed by atoms with Crippen LogP contribution in [0.25, 0.3) is 0 Å². The van der Waals surface area contributed by atoms with E-state index in [9.17, 15) is 13.6 Å². The van der Waals surface area contributed by atoms with E-state index in [1.54, 1.807) is 7.11 Å². The molecule has 18 heavy (non-hydrogen) atoms. The van der Waals surface area contributed by atoms with Gasteiger partial charge in [-0.15, -0.1) is 0 Å². The maximum Gasteiger partial charge on any atom is 0.254 e. The van der Waals surface area contributed by atoms with Crippen molar-refractivity contribution in [3.63, 3.8) is 0 Å². The van der Waals surface area contributed by atoms with Crippen molar-refractivity contribution in [1.29, 1.82) is 0 Å². The maximum absolute atomic E-state index is 13.3. The Kier molecular flexibility index (Phi) is 6.21. The highest BCUT2D eigenvalue weighted by Crippen LogP contribution is 2.10. The first kappa shape index (κ1) is 15.0. The molecule has 100 valence electrons. The molecule has 0 radical (unpaired) electrons. The number of nitrogens with one attached hydrogen (secondary N) is 1. The van der Waals surface area contributed by atoms with Crippen molar-refractivity contribution in [1.82, 2.24) is 5.32 Å². The quantitative estimate of drug-likeness (QED) is 0.817. The zero-order chi connectivity index (χ0) is 13.5. The molecule has 1 amide bonds. The predicted molar refractivity (Wildman–Crippen MR) is 67.9 cm³/mol. The van der Waals surface area contributed by atoms with E-state index in [-0.39, 0.29) is 10.4 Å². The average Bonchev–Trinajstić information content (AvgIpc) is 2.32. The van der Waals surface area contributed by atoms with E-state index in [1.807, 2.05) is 0 Å². The second-order valence-electron chi connectivity index (χ2n) is 3.72. The fraction of sp³-hybridized carbons (Fsp3) is 0.417. The predicted octanol–water partition coefficient (Wildman–Crippen LogP) is 2.49. The summed E-state index contributed by atoms with van der Waals surface area (Å²) in [5, 5.41) is 2.53. The van der Waals surface area contributed by atoms with Crippen LogP contribution >= 0.6 is 15.9 Å². The molecule has 6 heteroatoms. The van der Waals surface area contributed by atoms with E-state index < -0.39 is 17.5 Å². The van der Waals surface area contributed by atoms with Gasteiger partial charge < -0.3 is 10.1 Å². The molecule has 0 aliphatic heterocycles. The summed E-state index contributed by atoms with van der Waals surface area (Å²) < 4.78 is 31.1. The molecule has 1 aromatic carbocycles. The number of hydrogen-bond acceptors (Lipinski definition) is 2. The van der Waals surface area contributed by atoms with Crippen LogP contribution in [0.2, 0.25) is 0 Å². The molecule has 1 N–H and O–H groups in total. The highest BCUT2D eigenvalue weighted by molar-refractivity contribution is 9.09. The number of ether oxygens (including phenoxy) is 1. The second kappa shape index (κ2) is 7.43. The molecule has 0 saturated heterocycles. The minimum absolute atomic E-state index is 0.111. The van der Waals surface area contributed by atoms with Crippen LogP contribution in [-0.2, 0) is 4.74 Å². The lowest BCUT2D eigenvalue weighted by atomic mass is 10.2. The smallest absolute Gasteiger partial charge is 0.254 e. The Balaban J connectivity index is 2.48. The number of amides is 1. The third-order valence-electron chi connectivity index (χ3n) is 2.26. The minimum Gasteiger partial charge on any atom is -0.384 e. The monoisotopic (exact) mass is 321 g/mol.